The lowest BCUT2D eigenvalue weighted by atomic mass is 10.1. The first-order valence-corrected chi connectivity index (χ1v) is 8.81. The summed E-state index contributed by atoms with van der Waals surface area (Å²) in [6.07, 6.45) is 0.609. The van der Waals surface area contributed by atoms with E-state index in [9.17, 15) is 4.79 Å². The number of carbonyl (C=O) groups excluding carboxylic acids is 1. The molecule has 0 fully saturated rings. The highest BCUT2D eigenvalue weighted by molar-refractivity contribution is 7.98. The van der Waals surface area contributed by atoms with E-state index in [-0.39, 0.29) is 5.78 Å². The number of aromatic nitrogens is 2. The molecular weight excluding hydrogens is 336 g/mol. The van der Waals surface area contributed by atoms with Gasteiger partial charge in [-0.15, -0.1) is 10.2 Å². The van der Waals surface area contributed by atoms with Crippen molar-refractivity contribution in [2.24, 2.45) is 0 Å². The molecule has 128 valence electrons. The van der Waals surface area contributed by atoms with Crippen LogP contribution >= 0.6 is 11.8 Å². The quantitative estimate of drug-likeness (QED) is 0.469. The minimum Gasteiger partial charge on any atom is -0.496 e. The van der Waals surface area contributed by atoms with Crippen molar-refractivity contribution in [3.05, 3.63) is 71.1 Å². The second kappa shape index (κ2) is 7.98. The first kappa shape index (κ1) is 17.2. The van der Waals surface area contributed by atoms with E-state index in [0.29, 0.717) is 28.9 Å². The van der Waals surface area contributed by atoms with E-state index in [1.165, 1.54) is 11.8 Å². The number of ketones is 1. The van der Waals surface area contributed by atoms with Crippen LogP contribution in [-0.2, 0) is 12.2 Å². The van der Waals surface area contributed by atoms with Gasteiger partial charge in [-0.2, -0.15) is 0 Å². The van der Waals surface area contributed by atoms with Gasteiger partial charge in [-0.25, -0.2) is 0 Å². The molecule has 0 unspecified atom stereocenters. The van der Waals surface area contributed by atoms with Gasteiger partial charge in [0.05, 0.1) is 13.5 Å². The number of benzene rings is 2. The van der Waals surface area contributed by atoms with Crippen molar-refractivity contribution in [1.82, 2.24) is 10.2 Å². The molecular formula is C19H18N2O3S. The first-order valence-electron chi connectivity index (χ1n) is 7.82. The second-order valence-corrected chi connectivity index (χ2v) is 6.42. The molecule has 0 saturated heterocycles. The third-order valence-corrected chi connectivity index (χ3v) is 4.55. The van der Waals surface area contributed by atoms with Gasteiger partial charge < -0.3 is 9.15 Å². The highest BCUT2D eigenvalue weighted by Gasteiger charge is 2.11. The number of thioether (sulfide) groups is 1. The van der Waals surface area contributed by atoms with Crippen molar-refractivity contribution in [1.29, 1.82) is 0 Å². The van der Waals surface area contributed by atoms with Crippen LogP contribution in [0, 0.1) is 0 Å². The normalized spacial score (nSPS) is 10.6. The lowest BCUT2D eigenvalue weighted by molar-refractivity contribution is 0.101. The molecule has 0 N–H and O–H groups in total. The number of rotatable bonds is 7. The Morgan fingerprint density at radius 2 is 1.96 bits per heavy atom. The summed E-state index contributed by atoms with van der Waals surface area (Å²) in [5, 5.41) is 8.67. The van der Waals surface area contributed by atoms with Crippen LogP contribution in [0.5, 0.6) is 5.75 Å². The number of hydrogen-bond donors (Lipinski definition) is 0. The monoisotopic (exact) mass is 354 g/mol. The zero-order valence-electron chi connectivity index (χ0n) is 14.1. The fourth-order valence-corrected chi connectivity index (χ4v) is 3.15. The van der Waals surface area contributed by atoms with Crippen LogP contribution < -0.4 is 4.74 Å². The zero-order valence-corrected chi connectivity index (χ0v) is 14.9. The molecule has 0 saturated carbocycles. The molecule has 6 heteroatoms. The second-order valence-electron chi connectivity index (χ2n) is 5.50. The van der Waals surface area contributed by atoms with Gasteiger partial charge in [-0.05, 0) is 30.7 Å². The standard InChI is InChI=1S/C19H18N2O3S/c1-13(22)15-8-9-17(23-2)16(11-15)12-25-19-21-20-18(24-19)10-14-6-4-3-5-7-14/h3-9,11H,10,12H2,1-2H3. The summed E-state index contributed by atoms with van der Waals surface area (Å²) in [5.41, 5.74) is 2.70. The minimum atomic E-state index is 0.0249. The molecule has 1 aromatic heterocycles. The lowest BCUT2D eigenvalue weighted by Crippen LogP contribution is -1.96. The molecule has 0 bridgehead atoms. The Morgan fingerprint density at radius 1 is 1.16 bits per heavy atom. The van der Waals surface area contributed by atoms with Gasteiger partial charge in [0.1, 0.15) is 5.75 Å². The Balaban J connectivity index is 1.68. The maximum atomic E-state index is 11.6. The molecule has 3 rings (SSSR count). The van der Waals surface area contributed by atoms with Crippen molar-refractivity contribution < 1.29 is 13.9 Å². The van der Waals surface area contributed by atoms with E-state index in [1.807, 2.05) is 36.4 Å². The first-order chi connectivity index (χ1) is 12.2. The molecule has 2 aromatic carbocycles. The molecule has 0 aliphatic heterocycles. The van der Waals surface area contributed by atoms with Crippen LogP contribution in [0.15, 0.2) is 58.2 Å². The molecule has 0 aliphatic carbocycles. The Morgan fingerprint density at radius 3 is 2.68 bits per heavy atom. The van der Waals surface area contributed by atoms with E-state index >= 15 is 0 Å². The minimum absolute atomic E-state index is 0.0249. The van der Waals surface area contributed by atoms with Gasteiger partial charge in [-0.1, -0.05) is 42.1 Å². The summed E-state index contributed by atoms with van der Waals surface area (Å²) in [6, 6.07) is 15.4. The van der Waals surface area contributed by atoms with Crippen molar-refractivity contribution in [2.75, 3.05) is 7.11 Å². The van der Waals surface area contributed by atoms with Crippen molar-refractivity contribution >= 4 is 17.5 Å². The molecule has 25 heavy (non-hydrogen) atoms. The van der Waals surface area contributed by atoms with Crippen molar-refractivity contribution in [3.8, 4) is 5.75 Å². The predicted molar refractivity (Wildman–Crippen MR) is 96.1 cm³/mol. The Labute approximate surface area is 150 Å². The summed E-state index contributed by atoms with van der Waals surface area (Å²) in [6.45, 7) is 1.55. The maximum Gasteiger partial charge on any atom is 0.276 e. The van der Waals surface area contributed by atoms with Gasteiger partial charge in [0.25, 0.3) is 5.22 Å². The summed E-state index contributed by atoms with van der Waals surface area (Å²) < 4.78 is 11.1. The van der Waals surface area contributed by atoms with Crippen LogP contribution in [-0.4, -0.2) is 23.1 Å². The molecule has 1 heterocycles. The van der Waals surface area contributed by atoms with Gasteiger partial charge in [-0.3, -0.25) is 4.79 Å². The van der Waals surface area contributed by atoms with Gasteiger partial charge in [0.2, 0.25) is 5.89 Å². The molecule has 3 aromatic rings. The average molecular weight is 354 g/mol. The van der Waals surface area contributed by atoms with Crippen molar-refractivity contribution in [3.63, 3.8) is 0 Å². The van der Waals surface area contributed by atoms with Crippen LogP contribution in [0.2, 0.25) is 0 Å². The molecule has 0 atom stereocenters. The number of carbonyl (C=O) groups is 1. The fraction of sp³-hybridized carbons (Fsp3) is 0.211. The number of hydrogen-bond acceptors (Lipinski definition) is 6. The molecule has 0 radical (unpaired) electrons. The van der Waals surface area contributed by atoms with Gasteiger partial charge >= 0.3 is 0 Å². The summed E-state index contributed by atoms with van der Waals surface area (Å²) in [4.78, 5) is 11.6. The SMILES string of the molecule is COc1ccc(C(C)=O)cc1CSc1nnc(Cc2ccccc2)o1. The van der Waals surface area contributed by atoms with Gasteiger partial charge in [0.15, 0.2) is 5.78 Å². The van der Waals surface area contributed by atoms with Crippen LogP contribution in [0.3, 0.4) is 0 Å². The van der Waals surface area contributed by atoms with E-state index < -0.39 is 0 Å². The molecule has 0 amide bonds. The Kier molecular flexibility index (Phi) is 5.50. The number of ether oxygens (including phenoxy) is 1. The van der Waals surface area contributed by atoms with Crippen LogP contribution in [0.25, 0.3) is 0 Å². The Bertz CT molecular complexity index is 862. The van der Waals surface area contributed by atoms with Crippen molar-refractivity contribution in [2.45, 2.75) is 24.3 Å². The predicted octanol–water partition coefficient (Wildman–Crippen LogP) is 4.16. The zero-order chi connectivity index (χ0) is 17.6. The molecule has 0 spiro atoms. The van der Waals surface area contributed by atoms with E-state index in [1.54, 1.807) is 26.2 Å². The van der Waals surface area contributed by atoms with Gasteiger partial charge in [0, 0.05) is 16.9 Å². The summed E-state index contributed by atoms with van der Waals surface area (Å²) >= 11 is 1.42. The number of methoxy groups -OCH3 is 1. The van der Waals surface area contributed by atoms with Crippen LogP contribution in [0.1, 0.15) is 34.3 Å². The smallest absolute Gasteiger partial charge is 0.276 e. The number of Topliss-reactive ketones (excluding diaryl/α,β-unsaturated/α-hetero) is 1. The largest absolute Gasteiger partial charge is 0.496 e. The summed E-state index contributed by atoms with van der Waals surface area (Å²) in [5.74, 6) is 1.92. The maximum absolute atomic E-state index is 11.6. The third kappa shape index (κ3) is 4.48. The van der Waals surface area contributed by atoms with E-state index in [2.05, 4.69) is 10.2 Å². The van der Waals surface area contributed by atoms with Crippen LogP contribution in [0.4, 0.5) is 0 Å². The molecule has 5 nitrogen and oxygen atoms in total. The topological polar surface area (TPSA) is 65.2 Å². The Hall–Kier alpha value is -2.60. The lowest BCUT2D eigenvalue weighted by Gasteiger charge is -2.08. The average Bonchev–Trinajstić information content (AvgIpc) is 3.07. The highest BCUT2D eigenvalue weighted by atomic mass is 32.2. The molecule has 0 aliphatic rings. The number of nitrogens with zero attached hydrogens (tertiary/aromatic N) is 2. The third-order valence-electron chi connectivity index (χ3n) is 3.68. The summed E-state index contributed by atoms with van der Waals surface area (Å²) in [7, 11) is 1.61. The van der Waals surface area contributed by atoms with E-state index in [4.69, 9.17) is 9.15 Å². The van der Waals surface area contributed by atoms with E-state index in [0.717, 1.165) is 16.9 Å². The fourth-order valence-electron chi connectivity index (χ4n) is 2.39. The highest BCUT2D eigenvalue weighted by Crippen LogP contribution is 2.28.